The Kier molecular flexibility index (Phi) is 4.99. The summed E-state index contributed by atoms with van der Waals surface area (Å²) in [6, 6.07) is 12.5. The van der Waals surface area contributed by atoms with Gasteiger partial charge in [0.1, 0.15) is 5.01 Å². The van der Waals surface area contributed by atoms with E-state index in [1.165, 1.54) is 5.56 Å². The fraction of sp³-hybridized carbons (Fsp3) is 0.261. The molecule has 4 aromatic heterocycles. The third kappa shape index (κ3) is 3.93. The minimum absolute atomic E-state index is 0.826. The van der Waals surface area contributed by atoms with Gasteiger partial charge in [-0.25, -0.2) is 4.98 Å². The molecule has 10 heteroatoms. The Morgan fingerprint density at radius 3 is 2.45 bits per heavy atom. The van der Waals surface area contributed by atoms with Gasteiger partial charge in [0.2, 0.25) is 5.13 Å². The SMILES string of the molecule is Cn1cc(-c2cnn3c(N4CCN(c5nnc(Cc6ccccc6)s5)CC4)cnc3c2)cn1. The van der Waals surface area contributed by atoms with Crippen LogP contribution in [0.5, 0.6) is 0 Å². The lowest BCUT2D eigenvalue weighted by Gasteiger charge is -2.34. The fourth-order valence-electron chi connectivity index (χ4n) is 4.15. The van der Waals surface area contributed by atoms with E-state index in [1.54, 1.807) is 16.0 Å². The Morgan fingerprint density at radius 2 is 1.67 bits per heavy atom. The van der Waals surface area contributed by atoms with Gasteiger partial charge in [0, 0.05) is 57.0 Å². The molecule has 33 heavy (non-hydrogen) atoms. The average molecular weight is 458 g/mol. The lowest BCUT2D eigenvalue weighted by atomic mass is 10.2. The van der Waals surface area contributed by atoms with Gasteiger partial charge in [0.05, 0.1) is 18.6 Å². The monoisotopic (exact) mass is 457 g/mol. The molecule has 1 aliphatic heterocycles. The molecule has 1 fully saturated rings. The number of nitrogens with zero attached hydrogens (tertiary/aromatic N) is 9. The van der Waals surface area contributed by atoms with Gasteiger partial charge in [-0.2, -0.15) is 14.7 Å². The maximum Gasteiger partial charge on any atom is 0.208 e. The van der Waals surface area contributed by atoms with E-state index >= 15 is 0 Å². The molecule has 9 nitrogen and oxygen atoms in total. The molecule has 0 bridgehead atoms. The number of fused-ring (bicyclic) bond motifs is 1. The van der Waals surface area contributed by atoms with Crippen molar-refractivity contribution in [3.63, 3.8) is 0 Å². The maximum absolute atomic E-state index is 4.66. The van der Waals surface area contributed by atoms with Crippen LogP contribution in [-0.4, -0.2) is 60.8 Å². The van der Waals surface area contributed by atoms with Gasteiger partial charge in [-0.05, 0) is 11.6 Å². The van der Waals surface area contributed by atoms with Gasteiger partial charge >= 0.3 is 0 Å². The van der Waals surface area contributed by atoms with Crippen molar-refractivity contribution in [1.29, 1.82) is 0 Å². The number of piperazine rings is 1. The largest absolute Gasteiger partial charge is 0.352 e. The minimum Gasteiger partial charge on any atom is -0.352 e. The summed E-state index contributed by atoms with van der Waals surface area (Å²) in [5, 5.41) is 19.8. The second-order valence-corrected chi connectivity index (χ2v) is 9.19. The zero-order chi connectivity index (χ0) is 22.2. The molecule has 0 unspecified atom stereocenters. The van der Waals surface area contributed by atoms with Crippen LogP contribution in [0.15, 0.2) is 61.2 Å². The molecular weight excluding hydrogens is 434 g/mol. The molecule has 1 aromatic carbocycles. The second-order valence-electron chi connectivity index (χ2n) is 8.15. The van der Waals surface area contributed by atoms with Gasteiger partial charge in [0.15, 0.2) is 11.5 Å². The van der Waals surface area contributed by atoms with E-state index in [-0.39, 0.29) is 0 Å². The Morgan fingerprint density at radius 1 is 0.879 bits per heavy atom. The number of anilines is 2. The first-order chi connectivity index (χ1) is 16.2. The topological polar surface area (TPSA) is 80.3 Å². The summed E-state index contributed by atoms with van der Waals surface area (Å²) in [7, 11) is 1.91. The highest BCUT2D eigenvalue weighted by Gasteiger charge is 2.23. The van der Waals surface area contributed by atoms with Crippen molar-refractivity contribution in [2.24, 2.45) is 7.05 Å². The van der Waals surface area contributed by atoms with E-state index in [0.717, 1.165) is 65.3 Å². The van der Waals surface area contributed by atoms with Crippen molar-refractivity contribution in [2.75, 3.05) is 36.0 Å². The van der Waals surface area contributed by atoms with E-state index in [1.807, 2.05) is 42.4 Å². The molecule has 0 atom stereocenters. The van der Waals surface area contributed by atoms with E-state index in [9.17, 15) is 0 Å². The summed E-state index contributed by atoms with van der Waals surface area (Å²) in [5.41, 5.74) is 4.15. The Bertz CT molecular complexity index is 1380. The van der Waals surface area contributed by atoms with Gasteiger partial charge in [-0.3, -0.25) is 4.68 Å². The minimum atomic E-state index is 0.826. The zero-order valence-electron chi connectivity index (χ0n) is 18.2. The van der Waals surface area contributed by atoms with Crippen LogP contribution in [0.3, 0.4) is 0 Å². The molecule has 0 amide bonds. The molecule has 1 aliphatic rings. The summed E-state index contributed by atoms with van der Waals surface area (Å²) in [4.78, 5) is 9.26. The number of imidazole rings is 1. The first-order valence-electron chi connectivity index (χ1n) is 10.9. The first-order valence-corrected chi connectivity index (χ1v) is 11.7. The van der Waals surface area contributed by atoms with E-state index < -0.39 is 0 Å². The molecule has 5 aromatic rings. The number of benzene rings is 1. The number of rotatable bonds is 5. The molecule has 0 saturated carbocycles. The van der Waals surface area contributed by atoms with Crippen molar-refractivity contribution < 1.29 is 0 Å². The smallest absolute Gasteiger partial charge is 0.208 e. The highest BCUT2D eigenvalue weighted by Crippen LogP contribution is 2.26. The Balaban J connectivity index is 1.14. The van der Waals surface area contributed by atoms with Crippen molar-refractivity contribution in [2.45, 2.75) is 6.42 Å². The molecule has 0 aliphatic carbocycles. The van der Waals surface area contributed by atoms with Gasteiger partial charge in [-0.15, -0.1) is 10.2 Å². The van der Waals surface area contributed by atoms with Crippen LogP contribution in [0.2, 0.25) is 0 Å². The average Bonchev–Trinajstić information content (AvgIpc) is 3.59. The van der Waals surface area contributed by atoms with E-state index in [4.69, 9.17) is 0 Å². The van der Waals surface area contributed by atoms with Gasteiger partial charge in [0.25, 0.3) is 0 Å². The van der Waals surface area contributed by atoms with Crippen LogP contribution < -0.4 is 9.80 Å². The van der Waals surface area contributed by atoms with Crippen molar-refractivity contribution in [3.8, 4) is 11.1 Å². The van der Waals surface area contributed by atoms with Crippen LogP contribution in [0, 0.1) is 0 Å². The van der Waals surface area contributed by atoms with Gasteiger partial charge < -0.3 is 9.80 Å². The third-order valence-electron chi connectivity index (χ3n) is 5.91. The quantitative estimate of drug-likeness (QED) is 0.401. The molecule has 6 rings (SSSR count). The highest BCUT2D eigenvalue weighted by atomic mass is 32.1. The summed E-state index contributed by atoms with van der Waals surface area (Å²) in [5.74, 6) is 1.02. The number of hydrogen-bond acceptors (Lipinski definition) is 8. The molecule has 166 valence electrons. The molecule has 0 radical (unpaired) electrons. The predicted molar refractivity (Wildman–Crippen MR) is 129 cm³/mol. The standard InChI is InChI=1S/C23H23N9S/c1-29-16-19(14-25-29)18-12-20-24-15-22(32(20)26-13-18)30-7-9-31(10-8-30)23-28-27-21(33-23)11-17-5-3-2-4-6-17/h2-6,12-16H,7-11H2,1H3. The van der Waals surface area contributed by atoms with Crippen LogP contribution in [-0.2, 0) is 13.5 Å². The van der Waals surface area contributed by atoms with Crippen LogP contribution in [0.25, 0.3) is 16.8 Å². The summed E-state index contributed by atoms with van der Waals surface area (Å²) in [6.45, 7) is 3.54. The van der Waals surface area contributed by atoms with Crippen molar-refractivity contribution in [1.82, 2.24) is 34.6 Å². The molecule has 5 heterocycles. The number of aryl methyl sites for hydroxylation is 1. The molecule has 1 saturated heterocycles. The van der Waals surface area contributed by atoms with Crippen molar-refractivity contribution in [3.05, 3.63) is 71.8 Å². The van der Waals surface area contributed by atoms with Gasteiger partial charge in [-0.1, -0.05) is 41.7 Å². The van der Waals surface area contributed by atoms with Crippen LogP contribution in [0.4, 0.5) is 10.9 Å². The lowest BCUT2D eigenvalue weighted by Crippen LogP contribution is -2.47. The van der Waals surface area contributed by atoms with E-state index in [2.05, 4.69) is 65.5 Å². The molecular formula is C23H23N9S. The fourth-order valence-corrected chi connectivity index (χ4v) is 5.07. The summed E-state index contributed by atoms with van der Waals surface area (Å²) < 4.78 is 3.71. The molecule has 0 spiro atoms. The highest BCUT2D eigenvalue weighted by molar-refractivity contribution is 7.15. The summed E-state index contributed by atoms with van der Waals surface area (Å²) >= 11 is 1.69. The number of hydrogen-bond donors (Lipinski definition) is 0. The van der Waals surface area contributed by atoms with Crippen LogP contribution >= 0.6 is 11.3 Å². The van der Waals surface area contributed by atoms with E-state index in [0.29, 0.717) is 0 Å². The Hall–Kier alpha value is -3.79. The maximum atomic E-state index is 4.66. The predicted octanol–water partition coefficient (Wildman–Crippen LogP) is 2.90. The summed E-state index contributed by atoms with van der Waals surface area (Å²) in [6.07, 6.45) is 8.44. The molecule has 0 N–H and O–H groups in total. The van der Waals surface area contributed by atoms with Crippen LogP contribution in [0.1, 0.15) is 10.6 Å². The normalized spacial score (nSPS) is 14.3. The zero-order valence-corrected chi connectivity index (χ0v) is 19.1. The first kappa shape index (κ1) is 19.9. The third-order valence-corrected chi connectivity index (χ3v) is 6.89. The lowest BCUT2D eigenvalue weighted by molar-refractivity contribution is 0.637. The van der Waals surface area contributed by atoms with Crippen molar-refractivity contribution >= 4 is 27.9 Å². The Labute approximate surface area is 194 Å². The number of aromatic nitrogens is 7. The second kappa shape index (κ2) is 8.28.